The normalized spacial score (nSPS) is 11.7. The summed E-state index contributed by atoms with van der Waals surface area (Å²) in [4.78, 5) is 9.23. The van der Waals surface area contributed by atoms with Gasteiger partial charge in [0.2, 0.25) is 0 Å². The molecule has 0 atom stereocenters. The molecule has 7 heteroatoms. The van der Waals surface area contributed by atoms with Gasteiger partial charge in [0.05, 0.1) is 12.6 Å². The number of ether oxygens (including phenoxy) is 3. The highest BCUT2D eigenvalue weighted by Gasteiger charge is 2.14. The molecule has 0 bridgehead atoms. The molecule has 4 aromatic rings. The second kappa shape index (κ2) is 15.1. The third-order valence-electron chi connectivity index (χ3n) is 7.45. The lowest BCUT2D eigenvalue weighted by Gasteiger charge is -2.23. The van der Waals surface area contributed by atoms with Crippen LogP contribution in [-0.4, -0.2) is 68.8 Å². The van der Waals surface area contributed by atoms with Gasteiger partial charge in [0.1, 0.15) is 18.1 Å². The van der Waals surface area contributed by atoms with Gasteiger partial charge in [-0.1, -0.05) is 52.0 Å². The Kier molecular flexibility index (Phi) is 11.3. The quantitative estimate of drug-likeness (QED) is 0.154. The number of nitrogens with one attached hydrogen (secondary N) is 1. The fourth-order valence-electron chi connectivity index (χ4n) is 4.86. The SMILES string of the molecule is CCCN(CCOc1cc2nccc(Oc3ccc(CNc4ccc(C(C)(C)C)cc4)cc3)c2cc1OC)CCN(C)C. The fraction of sp³-hybridized carbons (Fsp3) is 0.417. The molecule has 0 aliphatic heterocycles. The summed E-state index contributed by atoms with van der Waals surface area (Å²) >= 11 is 0. The van der Waals surface area contributed by atoms with Crippen LogP contribution < -0.4 is 19.5 Å². The van der Waals surface area contributed by atoms with E-state index >= 15 is 0 Å². The molecule has 0 aliphatic carbocycles. The van der Waals surface area contributed by atoms with Gasteiger partial charge in [-0.25, -0.2) is 0 Å². The molecule has 7 nitrogen and oxygen atoms in total. The van der Waals surface area contributed by atoms with Gasteiger partial charge in [-0.05, 0) is 80.0 Å². The van der Waals surface area contributed by atoms with E-state index in [0.29, 0.717) is 18.1 Å². The zero-order valence-corrected chi connectivity index (χ0v) is 26.9. The number of nitrogens with zero attached hydrogens (tertiary/aromatic N) is 3. The number of anilines is 1. The Bertz CT molecular complexity index is 1430. The van der Waals surface area contributed by atoms with E-state index in [1.54, 1.807) is 13.3 Å². The molecule has 3 aromatic carbocycles. The van der Waals surface area contributed by atoms with Gasteiger partial charge in [0.15, 0.2) is 11.5 Å². The minimum atomic E-state index is 0.151. The smallest absolute Gasteiger partial charge is 0.163 e. The molecule has 0 spiro atoms. The van der Waals surface area contributed by atoms with Crippen LogP contribution in [0.1, 0.15) is 45.2 Å². The van der Waals surface area contributed by atoms with Crippen LogP contribution in [-0.2, 0) is 12.0 Å². The summed E-state index contributed by atoms with van der Waals surface area (Å²) in [5, 5.41) is 4.38. The summed E-state index contributed by atoms with van der Waals surface area (Å²) in [6, 6.07) is 22.6. The van der Waals surface area contributed by atoms with Crippen LogP contribution in [0.2, 0.25) is 0 Å². The number of pyridine rings is 1. The van der Waals surface area contributed by atoms with Crippen LogP contribution in [0.15, 0.2) is 72.9 Å². The molecule has 0 saturated carbocycles. The van der Waals surface area contributed by atoms with Crippen LogP contribution >= 0.6 is 0 Å². The summed E-state index contributed by atoms with van der Waals surface area (Å²) in [5.74, 6) is 2.84. The second-order valence-electron chi connectivity index (χ2n) is 12.2. The van der Waals surface area contributed by atoms with Crippen molar-refractivity contribution in [2.75, 3.05) is 59.3 Å². The van der Waals surface area contributed by atoms with E-state index in [1.807, 2.05) is 30.3 Å². The van der Waals surface area contributed by atoms with E-state index in [2.05, 4.69) is 98.3 Å². The van der Waals surface area contributed by atoms with E-state index < -0.39 is 0 Å². The molecule has 0 saturated heterocycles. The van der Waals surface area contributed by atoms with Crippen molar-refractivity contribution in [2.24, 2.45) is 0 Å². The number of benzene rings is 3. The first-order chi connectivity index (χ1) is 20.7. The highest BCUT2D eigenvalue weighted by Crippen LogP contribution is 2.37. The second-order valence-corrected chi connectivity index (χ2v) is 12.2. The number of rotatable bonds is 15. The molecule has 0 unspecified atom stereocenters. The molecule has 4 rings (SSSR count). The molecule has 0 radical (unpaired) electrons. The van der Waals surface area contributed by atoms with Gasteiger partial charge in [-0.2, -0.15) is 0 Å². The molecular formula is C36H48N4O3. The Balaban J connectivity index is 1.39. The zero-order chi connectivity index (χ0) is 30.8. The number of fused-ring (bicyclic) bond motifs is 1. The predicted molar refractivity (Wildman–Crippen MR) is 178 cm³/mol. The lowest BCUT2D eigenvalue weighted by molar-refractivity contribution is 0.191. The molecule has 0 amide bonds. The maximum atomic E-state index is 6.31. The fourth-order valence-corrected chi connectivity index (χ4v) is 4.86. The van der Waals surface area contributed by atoms with Crippen molar-refractivity contribution in [1.82, 2.24) is 14.8 Å². The number of hydrogen-bond donors (Lipinski definition) is 1. The van der Waals surface area contributed by atoms with Crippen LogP contribution in [0.5, 0.6) is 23.0 Å². The van der Waals surface area contributed by atoms with E-state index in [4.69, 9.17) is 14.2 Å². The van der Waals surface area contributed by atoms with Crippen molar-refractivity contribution in [3.8, 4) is 23.0 Å². The van der Waals surface area contributed by atoms with Crippen molar-refractivity contribution in [3.05, 3.63) is 84.1 Å². The van der Waals surface area contributed by atoms with E-state index in [1.165, 1.54) is 11.1 Å². The third-order valence-corrected chi connectivity index (χ3v) is 7.45. The van der Waals surface area contributed by atoms with Gasteiger partial charge in [0, 0.05) is 49.5 Å². The summed E-state index contributed by atoms with van der Waals surface area (Å²) in [5.41, 5.74) is 4.56. The van der Waals surface area contributed by atoms with Crippen LogP contribution in [0, 0.1) is 0 Å². The highest BCUT2D eigenvalue weighted by atomic mass is 16.5. The van der Waals surface area contributed by atoms with Gasteiger partial charge >= 0.3 is 0 Å². The molecule has 0 fully saturated rings. The number of methoxy groups -OCH3 is 1. The number of hydrogen-bond acceptors (Lipinski definition) is 7. The predicted octanol–water partition coefficient (Wildman–Crippen LogP) is 7.60. The average Bonchev–Trinajstić information content (AvgIpc) is 2.99. The molecule has 43 heavy (non-hydrogen) atoms. The molecular weight excluding hydrogens is 536 g/mol. The average molecular weight is 585 g/mol. The molecule has 1 heterocycles. The first kappa shape index (κ1) is 32.1. The third kappa shape index (κ3) is 9.34. The monoisotopic (exact) mass is 584 g/mol. The first-order valence-electron chi connectivity index (χ1n) is 15.2. The zero-order valence-electron chi connectivity index (χ0n) is 26.9. The minimum absolute atomic E-state index is 0.151. The summed E-state index contributed by atoms with van der Waals surface area (Å²) in [6.07, 6.45) is 2.88. The van der Waals surface area contributed by atoms with Gasteiger partial charge in [0.25, 0.3) is 0 Å². The Morgan fingerprint density at radius 1 is 0.814 bits per heavy atom. The molecule has 1 N–H and O–H groups in total. The van der Waals surface area contributed by atoms with Gasteiger partial charge in [-0.3, -0.25) is 9.88 Å². The molecule has 0 aliphatic rings. The van der Waals surface area contributed by atoms with E-state index in [9.17, 15) is 0 Å². The Labute approximate surface area is 257 Å². The first-order valence-corrected chi connectivity index (χ1v) is 15.2. The van der Waals surface area contributed by atoms with Crippen molar-refractivity contribution in [1.29, 1.82) is 0 Å². The maximum Gasteiger partial charge on any atom is 0.163 e. The number of likely N-dealkylation sites (N-methyl/N-ethyl adjacent to an activating group) is 1. The highest BCUT2D eigenvalue weighted by molar-refractivity contribution is 5.88. The number of aromatic nitrogens is 1. The van der Waals surface area contributed by atoms with Gasteiger partial charge < -0.3 is 24.4 Å². The Hall–Kier alpha value is -3.81. The summed E-state index contributed by atoms with van der Waals surface area (Å²) in [7, 11) is 5.87. The largest absolute Gasteiger partial charge is 0.493 e. The summed E-state index contributed by atoms with van der Waals surface area (Å²) < 4.78 is 18.2. The van der Waals surface area contributed by atoms with Crippen molar-refractivity contribution >= 4 is 16.6 Å². The van der Waals surface area contributed by atoms with Crippen LogP contribution in [0.25, 0.3) is 10.9 Å². The van der Waals surface area contributed by atoms with Crippen LogP contribution in [0.4, 0.5) is 5.69 Å². The topological polar surface area (TPSA) is 59.1 Å². The minimum Gasteiger partial charge on any atom is -0.493 e. The molecule has 230 valence electrons. The van der Waals surface area contributed by atoms with Crippen molar-refractivity contribution < 1.29 is 14.2 Å². The van der Waals surface area contributed by atoms with Crippen molar-refractivity contribution in [2.45, 2.75) is 46.1 Å². The molecule has 1 aromatic heterocycles. The lowest BCUT2D eigenvalue weighted by atomic mass is 9.87. The van der Waals surface area contributed by atoms with Gasteiger partial charge in [-0.15, -0.1) is 0 Å². The Morgan fingerprint density at radius 3 is 2.21 bits per heavy atom. The standard InChI is InChI=1S/C36H48N4O3/c1-8-19-40(21-20-39(5)6)22-23-42-35-25-32-31(24-34(35)41-7)33(17-18-37-32)43-30-15-9-27(10-16-30)26-38-29-13-11-28(12-14-29)36(2,3)4/h9-18,24-25,38H,8,19-23,26H2,1-7H3. The van der Waals surface area contributed by atoms with Crippen LogP contribution in [0.3, 0.4) is 0 Å². The van der Waals surface area contributed by atoms with E-state index in [-0.39, 0.29) is 5.41 Å². The Morgan fingerprint density at radius 2 is 1.56 bits per heavy atom. The maximum absolute atomic E-state index is 6.31. The van der Waals surface area contributed by atoms with E-state index in [0.717, 1.165) is 67.2 Å². The lowest BCUT2D eigenvalue weighted by Crippen LogP contribution is -2.35. The van der Waals surface area contributed by atoms with Crippen molar-refractivity contribution in [3.63, 3.8) is 0 Å². The summed E-state index contributed by atoms with van der Waals surface area (Å²) in [6.45, 7) is 14.2.